The molecule has 136 valence electrons. The van der Waals surface area contributed by atoms with E-state index in [1.807, 2.05) is 45.3 Å². The van der Waals surface area contributed by atoms with Crippen LogP contribution >= 0.6 is 0 Å². The third-order valence-corrected chi connectivity index (χ3v) is 4.11. The van der Waals surface area contributed by atoms with Crippen molar-refractivity contribution in [3.05, 3.63) is 59.3 Å². The summed E-state index contributed by atoms with van der Waals surface area (Å²) < 4.78 is 3.48. The molecule has 0 aliphatic heterocycles. The zero-order valence-corrected chi connectivity index (χ0v) is 15.4. The molecule has 0 aromatic carbocycles. The fourth-order valence-corrected chi connectivity index (χ4v) is 2.84. The van der Waals surface area contributed by atoms with Crippen LogP contribution in [0.4, 0.5) is 0 Å². The standard InChI is InChI=1S/C18H23N7O/c1-12-7-13(2)25(23-12)16-6-5-14(8-20-16)9-21-18(26)17(19-3)15-10-22-24(4)11-15/h5-8,10-11,17,19H,9H2,1-4H3,(H,21,26). The minimum Gasteiger partial charge on any atom is -0.350 e. The Morgan fingerprint density at radius 3 is 2.62 bits per heavy atom. The van der Waals surface area contributed by atoms with Gasteiger partial charge in [0.05, 0.1) is 11.9 Å². The van der Waals surface area contributed by atoms with Gasteiger partial charge in [-0.1, -0.05) is 6.07 Å². The second-order valence-corrected chi connectivity index (χ2v) is 6.25. The van der Waals surface area contributed by atoms with Crippen LogP contribution < -0.4 is 10.6 Å². The summed E-state index contributed by atoms with van der Waals surface area (Å²) in [6.07, 6.45) is 5.27. The number of hydrogen-bond donors (Lipinski definition) is 2. The molecule has 8 nitrogen and oxygen atoms in total. The summed E-state index contributed by atoms with van der Waals surface area (Å²) in [5.41, 5.74) is 3.73. The summed E-state index contributed by atoms with van der Waals surface area (Å²) >= 11 is 0. The van der Waals surface area contributed by atoms with E-state index >= 15 is 0 Å². The molecule has 0 fully saturated rings. The van der Waals surface area contributed by atoms with Crippen molar-refractivity contribution in [2.45, 2.75) is 26.4 Å². The van der Waals surface area contributed by atoms with Crippen LogP contribution in [0.2, 0.25) is 0 Å². The molecule has 1 atom stereocenters. The van der Waals surface area contributed by atoms with E-state index in [0.717, 1.165) is 28.3 Å². The molecule has 1 unspecified atom stereocenters. The average molecular weight is 353 g/mol. The summed E-state index contributed by atoms with van der Waals surface area (Å²) in [6.45, 7) is 4.35. The number of carbonyl (C=O) groups excluding carboxylic acids is 1. The van der Waals surface area contributed by atoms with Gasteiger partial charge in [-0.3, -0.25) is 9.48 Å². The van der Waals surface area contributed by atoms with E-state index in [9.17, 15) is 4.79 Å². The van der Waals surface area contributed by atoms with Gasteiger partial charge in [0.25, 0.3) is 0 Å². The van der Waals surface area contributed by atoms with Crippen LogP contribution in [-0.2, 0) is 18.4 Å². The van der Waals surface area contributed by atoms with E-state index in [2.05, 4.69) is 25.8 Å². The molecule has 0 bridgehead atoms. The Hall–Kier alpha value is -3.00. The highest BCUT2D eigenvalue weighted by Gasteiger charge is 2.19. The third-order valence-electron chi connectivity index (χ3n) is 4.11. The van der Waals surface area contributed by atoms with E-state index in [0.29, 0.717) is 6.54 Å². The largest absolute Gasteiger partial charge is 0.350 e. The van der Waals surface area contributed by atoms with Gasteiger partial charge in [-0.15, -0.1) is 0 Å². The van der Waals surface area contributed by atoms with Gasteiger partial charge in [-0.05, 0) is 38.6 Å². The lowest BCUT2D eigenvalue weighted by Gasteiger charge is -2.14. The van der Waals surface area contributed by atoms with Crippen molar-refractivity contribution in [3.63, 3.8) is 0 Å². The number of carbonyl (C=O) groups is 1. The Bertz CT molecular complexity index is 895. The number of nitrogens with zero attached hydrogens (tertiary/aromatic N) is 5. The third kappa shape index (κ3) is 3.80. The number of pyridine rings is 1. The van der Waals surface area contributed by atoms with Crippen molar-refractivity contribution in [3.8, 4) is 5.82 Å². The topological polar surface area (TPSA) is 89.7 Å². The van der Waals surface area contributed by atoms with Crippen molar-refractivity contribution in [2.75, 3.05) is 7.05 Å². The van der Waals surface area contributed by atoms with E-state index in [-0.39, 0.29) is 5.91 Å². The molecular weight excluding hydrogens is 330 g/mol. The van der Waals surface area contributed by atoms with Crippen LogP contribution in [0.5, 0.6) is 0 Å². The predicted octanol–water partition coefficient (Wildman–Crippen LogP) is 1.19. The molecule has 0 saturated carbocycles. The second-order valence-electron chi connectivity index (χ2n) is 6.25. The van der Waals surface area contributed by atoms with Crippen molar-refractivity contribution in [1.82, 2.24) is 35.2 Å². The number of aryl methyl sites for hydroxylation is 3. The van der Waals surface area contributed by atoms with Crippen molar-refractivity contribution in [2.24, 2.45) is 7.05 Å². The average Bonchev–Trinajstić information content (AvgIpc) is 3.19. The first-order chi connectivity index (χ1) is 12.5. The Labute approximate surface area is 152 Å². The van der Waals surface area contributed by atoms with Gasteiger partial charge in [-0.2, -0.15) is 10.2 Å². The molecule has 3 aromatic rings. The summed E-state index contributed by atoms with van der Waals surface area (Å²) in [6, 6.07) is 5.41. The van der Waals surface area contributed by atoms with Crippen LogP contribution in [-0.4, -0.2) is 37.5 Å². The molecule has 0 aliphatic rings. The summed E-state index contributed by atoms with van der Waals surface area (Å²) in [4.78, 5) is 16.9. The molecule has 8 heteroatoms. The maximum atomic E-state index is 12.4. The SMILES string of the molecule is CNC(C(=O)NCc1ccc(-n2nc(C)cc2C)nc1)c1cnn(C)c1. The fraction of sp³-hybridized carbons (Fsp3) is 0.333. The zero-order valence-electron chi connectivity index (χ0n) is 15.4. The van der Waals surface area contributed by atoms with Gasteiger partial charge in [0, 0.05) is 37.2 Å². The van der Waals surface area contributed by atoms with Crippen LogP contribution in [0.15, 0.2) is 36.8 Å². The minimum atomic E-state index is -0.439. The Morgan fingerprint density at radius 2 is 2.08 bits per heavy atom. The highest BCUT2D eigenvalue weighted by atomic mass is 16.2. The maximum absolute atomic E-state index is 12.4. The first-order valence-electron chi connectivity index (χ1n) is 8.40. The lowest BCUT2D eigenvalue weighted by molar-refractivity contribution is -0.123. The van der Waals surface area contributed by atoms with Gasteiger partial charge < -0.3 is 10.6 Å². The number of hydrogen-bond acceptors (Lipinski definition) is 5. The highest BCUT2D eigenvalue weighted by molar-refractivity contribution is 5.83. The lowest BCUT2D eigenvalue weighted by Crippen LogP contribution is -2.35. The minimum absolute atomic E-state index is 0.108. The zero-order chi connectivity index (χ0) is 18.7. The molecule has 26 heavy (non-hydrogen) atoms. The predicted molar refractivity (Wildman–Crippen MR) is 97.7 cm³/mol. The van der Waals surface area contributed by atoms with Crippen LogP contribution in [0.1, 0.15) is 28.6 Å². The molecule has 3 aromatic heterocycles. The molecule has 3 rings (SSSR count). The molecule has 1 amide bonds. The fourth-order valence-electron chi connectivity index (χ4n) is 2.84. The van der Waals surface area contributed by atoms with E-state index in [1.54, 1.807) is 28.8 Å². The van der Waals surface area contributed by atoms with E-state index in [4.69, 9.17) is 0 Å². The highest BCUT2D eigenvalue weighted by Crippen LogP contribution is 2.13. The smallest absolute Gasteiger partial charge is 0.242 e. The maximum Gasteiger partial charge on any atom is 0.242 e. The second kappa shape index (κ2) is 7.49. The van der Waals surface area contributed by atoms with Crippen molar-refractivity contribution in [1.29, 1.82) is 0 Å². The quantitative estimate of drug-likeness (QED) is 0.695. The van der Waals surface area contributed by atoms with Gasteiger partial charge in [0.2, 0.25) is 5.91 Å². The first-order valence-corrected chi connectivity index (χ1v) is 8.40. The van der Waals surface area contributed by atoms with Crippen molar-refractivity contribution >= 4 is 5.91 Å². The van der Waals surface area contributed by atoms with Crippen LogP contribution in [0, 0.1) is 13.8 Å². The van der Waals surface area contributed by atoms with Gasteiger partial charge in [0.1, 0.15) is 6.04 Å². The molecule has 0 saturated heterocycles. The van der Waals surface area contributed by atoms with Gasteiger partial charge in [0.15, 0.2) is 5.82 Å². The van der Waals surface area contributed by atoms with E-state index < -0.39 is 6.04 Å². The number of amides is 1. The van der Waals surface area contributed by atoms with Crippen LogP contribution in [0.3, 0.4) is 0 Å². The molecule has 0 aliphatic carbocycles. The normalized spacial score (nSPS) is 12.2. The molecule has 0 spiro atoms. The molecule has 0 radical (unpaired) electrons. The Balaban J connectivity index is 1.64. The number of likely N-dealkylation sites (N-methyl/N-ethyl adjacent to an activating group) is 1. The van der Waals surface area contributed by atoms with Crippen molar-refractivity contribution < 1.29 is 4.79 Å². The lowest BCUT2D eigenvalue weighted by atomic mass is 10.1. The molecular formula is C18H23N7O. The molecule has 3 heterocycles. The number of nitrogens with one attached hydrogen (secondary N) is 2. The van der Waals surface area contributed by atoms with E-state index in [1.165, 1.54) is 0 Å². The summed E-state index contributed by atoms with van der Waals surface area (Å²) in [7, 11) is 3.58. The monoisotopic (exact) mass is 353 g/mol. The van der Waals surface area contributed by atoms with Gasteiger partial charge in [-0.25, -0.2) is 9.67 Å². The van der Waals surface area contributed by atoms with Gasteiger partial charge >= 0.3 is 0 Å². The summed E-state index contributed by atoms with van der Waals surface area (Å²) in [5, 5.41) is 14.5. The van der Waals surface area contributed by atoms with Crippen LogP contribution in [0.25, 0.3) is 5.82 Å². The Morgan fingerprint density at radius 1 is 1.27 bits per heavy atom. The number of aromatic nitrogens is 5. The molecule has 2 N–H and O–H groups in total. The number of rotatable bonds is 6. The first kappa shape index (κ1) is 17.8. The summed E-state index contributed by atoms with van der Waals surface area (Å²) in [5.74, 6) is 0.650. The Kier molecular flexibility index (Phi) is 5.13.